The molecule has 1 aliphatic rings. The first kappa shape index (κ1) is 21.2. The summed E-state index contributed by atoms with van der Waals surface area (Å²) < 4.78 is 10.3. The number of aromatic hydroxyl groups is 1. The SMILES string of the molecule is COc1ccc(C(O)=C2C(=O)C(=O)N(CCCN)[C@H]2c2ccc(O)c(OC)c2)cc1. The smallest absolute Gasteiger partial charge is 0.295 e. The van der Waals surface area contributed by atoms with Crippen LogP contribution >= 0.6 is 0 Å². The number of amides is 1. The van der Waals surface area contributed by atoms with Gasteiger partial charge in [-0.3, -0.25) is 9.59 Å². The maximum atomic E-state index is 12.9. The standard InChI is InChI=1S/C22H24N2O6/c1-29-15-7-4-13(5-8-15)20(26)18-19(14-6-9-16(25)17(12-14)30-2)24(11-3-10-23)22(28)21(18)27/h4-9,12,19,25-26H,3,10-11,23H2,1-2H3/t19-/m0/s1. The molecule has 0 aliphatic carbocycles. The fourth-order valence-electron chi connectivity index (χ4n) is 3.49. The first-order chi connectivity index (χ1) is 14.4. The van der Waals surface area contributed by atoms with Crippen molar-refractivity contribution in [1.29, 1.82) is 0 Å². The van der Waals surface area contributed by atoms with Gasteiger partial charge in [0.05, 0.1) is 25.8 Å². The second kappa shape index (κ2) is 8.87. The molecule has 0 saturated carbocycles. The first-order valence-corrected chi connectivity index (χ1v) is 9.42. The Bertz CT molecular complexity index is 984. The summed E-state index contributed by atoms with van der Waals surface area (Å²) in [6.45, 7) is 0.585. The van der Waals surface area contributed by atoms with Crippen LogP contribution in [-0.4, -0.2) is 54.1 Å². The van der Waals surface area contributed by atoms with Gasteiger partial charge in [0, 0.05) is 12.1 Å². The number of hydrogen-bond donors (Lipinski definition) is 3. The Hall–Kier alpha value is -3.52. The number of ether oxygens (including phenoxy) is 2. The Morgan fingerprint density at radius 3 is 2.40 bits per heavy atom. The van der Waals surface area contributed by atoms with Crippen LogP contribution in [0.5, 0.6) is 17.2 Å². The van der Waals surface area contributed by atoms with E-state index in [2.05, 4.69) is 0 Å². The lowest BCUT2D eigenvalue weighted by molar-refractivity contribution is -0.139. The van der Waals surface area contributed by atoms with Crippen molar-refractivity contribution in [2.45, 2.75) is 12.5 Å². The number of phenolic OH excluding ortho intramolecular Hbond substituents is 1. The molecule has 0 unspecified atom stereocenters. The summed E-state index contributed by atoms with van der Waals surface area (Å²) in [5, 5.41) is 20.9. The number of aliphatic hydroxyl groups is 1. The number of carbonyl (C=O) groups is 2. The van der Waals surface area contributed by atoms with Crippen LogP contribution in [0, 0.1) is 0 Å². The highest BCUT2D eigenvalue weighted by Gasteiger charge is 2.45. The van der Waals surface area contributed by atoms with Crippen molar-refractivity contribution >= 4 is 17.4 Å². The highest BCUT2D eigenvalue weighted by molar-refractivity contribution is 6.46. The highest BCUT2D eigenvalue weighted by atomic mass is 16.5. The molecule has 0 bridgehead atoms. The van der Waals surface area contributed by atoms with E-state index >= 15 is 0 Å². The minimum absolute atomic E-state index is 0.0325. The maximum absolute atomic E-state index is 12.9. The Morgan fingerprint density at radius 2 is 1.80 bits per heavy atom. The zero-order valence-electron chi connectivity index (χ0n) is 16.8. The number of carbonyl (C=O) groups excluding carboxylic acids is 2. The van der Waals surface area contributed by atoms with Crippen LogP contribution < -0.4 is 15.2 Å². The first-order valence-electron chi connectivity index (χ1n) is 9.42. The third kappa shape index (κ3) is 3.81. The number of Topliss-reactive ketones (excluding diaryl/α,β-unsaturated/α-hetero) is 1. The number of nitrogens with zero attached hydrogens (tertiary/aromatic N) is 1. The predicted molar refractivity (Wildman–Crippen MR) is 110 cm³/mol. The van der Waals surface area contributed by atoms with Crippen LogP contribution in [0.3, 0.4) is 0 Å². The number of phenols is 1. The highest BCUT2D eigenvalue weighted by Crippen LogP contribution is 2.41. The number of nitrogens with two attached hydrogens (primary N) is 1. The van der Waals surface area contributed by atoms with Crippen LogP contribution in [0.25, 0.3) is 5.76 Å². The number of benzene rings is 2. The van der Waals surface area contributed by atoms with E-state index < -0.39 is 17.7 Å². The molecular weight excluding hydrogens is 388 g/mol. The van der Waals surface area contributed by atoms with E-state index in [1.165, 1.54) is 25.2 Å². The number of rotatable bonds is 7. The second-order valence-corrected chi connectivity index (χ2v) is 6.79. The fraction of sp³-hybridized carbons (Fsp3) is 0.273. The van der Waals surface area contributed by atoms with Gasteiger partial charge in [-0.1, -0.05) is 6.07 Å². The van der Waals surface area contributed by atoms with Gasteiger partial charge in [0.1, 0.15) is 11.5 Å². The number of ketones is 1. The number of aliphatic hydroxyl groups excluding tert-OH is 1. The third-order valence-electron chi connectivity index (χ3n) is 5.03. The lowest BCUT2D eigenvalue weighted by atomic mass is 9.95. The summed E-state index contributed by atoms with van der Waals surface area (Å²) in [7, 11) is 2.93. The van der Waals surface area contributed by atoms with E-state index in [1.54, 1.807) is 36.4 Å². The van der Waals surface area contributed by atoms with Crippen molar-refractivity contribution < 1.29 is 29.3 Å². The van der Waals surface area contributed by atoms with Gasteiger partial charge < -0.3 is 30.3 Å². The minimum atomic E-state index is -0.840. The molecule has 8 heteroatoms. The van der Waals surface area contributed by atoms with Gasteiger partial charge in [-0.05, 0) is 54.9 Å². The minimum Gasteiger partial charge on any atom is -0.507 e. The van der Waals surface area contributed by atoms with Crippen LogP contribution in [-0.2, 0) is 9.59 Å². The van der Waals surface area contributed by atoms with Gasteiger partial charge in [0.15, 0.2) is 11.5 Å². The zero-order chi connectivity index (χ0) is 21.8. The van der Waals surface area contributed by atoms with Gasteiger partial charge in [0.2, 0.25) is 0 Å². The molecule has 3 rings (SSSR count). The number of methoxy groups -OCH3 is 2. The molecule has 4 N–H and O–H groups in total. The molecule has 0 radical (unpaired) electrons. The molecule has 2 aromatic rings. The van der Waals surface area contributed by atoms with E-state index in [0.717, 1.165) is 0 Å². The molecule has 1 saturated heterocycles. The second-order valence-electron chi connectivity index (χ2n) is 6.79. The summed E-state index contributed by atoms with van der Waals surface area (Å²) in [6.07, 6.45) is 0.487. The molecule has 0 aromatic heterocycles. The quantitative estimate of drug-likeness (QED) is 0.362. The van der Waals surface area contributed by atoms with Crippen molar-refractivity contribution in [2.75, 3.05) is 27.3 Å². The predicted octanol–water partition coefficient (Wildman–Crippen LogP) is 2.18. The van der Waals surface area contributed by atoms with Gasteiger partial charge in [-0.15, -0.1) is 0 Å². The van der Waals surface area contributed by atoms with Crippen LogP contribution in [0.15, 0.2) is 48.0 Å². The van der Waals surface area contributed by atoms with Gasteiger partial charge in [0.25, 0.3) is 11.7 Å². The Balaban J connectivity index is 2.16. The van der Waals surface area contributed by atoms with Crippen molar-refractivity contribution in [3.8, 4) is 17.2 Å². The fourth-order valence-corrected chi connectivity index (χ4v) is 3.49. The molecule has 158 valence electrons. The average Bonchev–Trinajstić information content (AvgIpc) is 3.02. The number of likely N-dealkylation sites (tertiary alicyclic amines) is 1. The van der Waals surface area contributed by atoms with Gasteiger partial charge >= 0.3 is 0 Å². The summed E-state index contributed by atoms with van der Waals surface area (Å²) in [4.78, 5) is 27.0. The molecule has 1 heterocycles. The van der Waals surface area contributed by atoms with Crippen molar-refractivity contribution in [2.24, 2.45) is 5.73 Å². The zero-order valence-corrected chi connectivity index (χ0v) is 16.8. The van der Waals surface area contributed by atoms with E-state index in [0.29, 0.717) is 29.8 Å². The lowest BCUT2D eigenvalue weighted by Crippen LogP contribution is -2.31. The van der Waals surface area contributed by atoms with Crippen molar-refractivity contribution in [3.05, 3.63) is 59.2 Å². The normalized spacial score (nSPS) is 18.0. The molecule has 30 heavy (non-hydrogen) atoms. The maximum Gasteiger partial charge on any atom is 0.295 e. The Kier molecular flexibility index (Phi) is 6.27. The summed E-state index contributed by atoms with van der Waals surface area (Å²) >= 11 is 0. The summed E-state index contributed by atoms with van der Waals surface area (Å²) in [5.41, 5.74) is 6.47. The van der Waals surface area contributed by atoms with E-state index in [-0.39, 0.29) is 29.4 Å². The Morgan fingerprint density at radius 1 is 1.10 bits per heavy atom. The van der Waals surface area contributed by atoms with Crippen LogP contribution in [0.4, 0.5) is 0 Å². The molecule has 1 amide bonds. The molecule has 1 aliphatic heterocycles. The topological polar surface area (TPSA) is 122 Å². The molecule has 1 fully saturated rings. The van der Waals surface area contributed by atoms with Crippen molar-refractivity contribution in [3.63, 3.8) is 0 Å². The van der Waals surface area contributed by atoms with Crippen LogP contribution in [0.1, 0.15) is 23.6 Å². The van der Waals surface area contributed by atoms with Gasteiger partial charge in [-0.2, -0.15) is 0 Å². The molecule has 1 atom stereocenters. The lowest BCUT2D eigenvalue weighted by Gasteiger charge is -2.25. The molecule has 2 aromatic carbocycles. The largest absolute Gasteiger partial charge is 0.507 e. The van der Waals surface area contributed by atoms with Crippen LogP contribution in [0.2, 0.25) is 0 Å². The summed E-state index contributed by atoms with van der Waals surface area (Å²) in [6, 6.07) is 10.2. The summed E-state index contributed by atoms with van der Waals surface area (Å²) in [5.74, 6) is -1.07. The van der Waals surface area contributed by atoms with Crippen molar-refractivity contribution in [1.82, 2.24) is 4.90 Å². The monoisotopic (exact) mass is 412 g/mol. The number of hydrogen-bond acceptors (Lipinski definition) is 7. The molecular formula is C22H24N2O6. The molecule has 8 nitrogen and oxygen atoms in total. The van der Waals surface area contributed by atoms with E-state index in [4.69, 9.17) is 15.2 Å². The van der Waals surface area contributed by atoms with Gasteiger partial charge in [-0.25, -0.2) is 0 Å². The van der Waals surface area contributed by atoms with E-state index in [1.807, 2.05) is 0 Å². The third-order valence-corrected chi connectivity index (χ3v) is 5.03. The Labute approximate surface area is 174 Å². The average molecular weight is 412 g/mol. The van der Waals surface area contributed by atoms with E-state index in [9.17, 15) is 19.8 Å². The molecule has 0 spiro atoms.